The van der Waals surface area contributed by atoms with Gasteiger partial charge >= 0.3 is 5.69 Å². The van der Waals surface area contributed by atoms with Gasteiger partial charge in [-0.15, -0.1) is 4.79 Å². The number of nitrogens with zero attached hydrogens (tertiary/aromatic N) is 3. The van der Waals surface area contributed by atoms with Gasteiger partial charge < -0.3 is 5.84 Å². The molecule has 0 bridgehead atoms. The molecule has 1 heterocycles. The Bertz CT molecular complexity index is 196. The van der Waals surface area contributed by atoms with E-state index >= 15 is 0 Å². The normalized spacial score (nSPS) is 9.14. The first-order valence-electron chi connectivity index (χ1n) is 1.56. The monoisotopic (exact) mass is 101 g/mol. The van der Waals surface area contributed by atoms with Gasteiger partial charge in [-0.25, -0.2) is 9.89 Å². The zero-order chi connectivity index (χ0) is 5.28. The van der Waals surface area contributed by atoms with Crippen LogP contribution in [0.25, 0.3) is 0 Å². The van der Waals surface area contributed by atoms with E-state index in [0.29, 0.717) is 4.79 Å². The molecule has 0 saturated heterocycles. The molecule has 0 aliphatic rings. The number of nitrogen functional groups attached to an aromatic ring is 1. The lowest BCUT2D eigenvalue weighted by Gasteiger charge is -1.73. The average molecular weight is 101 g/mol. The van der Waals surface area contributed by atoms with Crippen molar-refractivity contribution in [3.63, 3.8) is 0 Å². The summed E-state index contributed by atoms with van der Waals surface area (Å²) in [4.78, 5) is 10.7. The molecule has 0 aliphatic heterocycles. The van der Waals surface area contributed by atoms with Crippen molar-refractivity contribution < 1.29 is 0 Å². The van der Waals surface area contributed by atoms with Gasteiger partial charge in [0.05, 0.1) is 0 Å². The number of hydrogen-bond donors (Lipinski definition) is 2. The van der Waals surface area contributed by atoms with Gasteiger partial charge in [-0.3, -0.25) is 0 Å². The van der Waals surface area contributed by atoms with Crippen molar-refractivity contribution in [1.29, 1.82) is 0 Å². The lowest BCUT2D eigenvalue weighted by molar-refractivity contribution is 0.744. The molecule has 1 aromatic rings. The third kappa shape index (κ3) is 0.443. The highest BCUT2D eigenvalue weighted by Crippen LogP contribution is 1.40. The van der Waals surface area contributed by atoms with Gasteiger partial charge in [0, 0.05) is 0 Å². The van der Waals surface area contributed by atoms with Crippen LogP contribution in [0, 0.1) is 0 Å². The largest absolute Gasteiger partial charge is 0.380 e. The van der Waals surface area contributed by atoms with E-state index in [1.165, 1.54) is 0 Å². The lowest BCUT2D eigenvalue weighted by Crippen LogP contribution is -2.25. The SMILES string of the molecule is Nn1nn[nH]c1=O. The molecular formula is CH3N5O. The van der Waals surface area contributed by atoms with E-state index in [1.54, 1.807) is 0 Å². The van der Waals surface area contributed by atoms with Crippen LogP contribution in [-0.2, 0) is 0 Å². The smallest absolute Gasteiger partial charge is 0.317 e. The highest BCUT2D eigenvalue weighted by atomic mass is 16.2. The predicted octanol–water partition coefficient (Wildman–Crippen LogP) is -2.32. The van der Waals surface area contributed by atoms with Crippen LogP contribution in [0.3, 0.4) is 0 Å². The van der Waals surface area contributed by atoms with Crippen molar-refractivity contribution in [3.8, 4) is 0 Å². The van der Waals surface area contributed by atoms with Crippen molar-refractivity contribution in [3.05, 3.63) is 10.5 Å². The van der Waals surface area contributed by atoms with Gasteiger partial charge in [0.15, 0.2) is 0 Å². The Morgan fingerprint density at radius 2 is 2.57 bits per heavy atom. The Labute approximate surface area is 37.9 Å². The fourth-order valence-corrected chi connectivity index (χ4v) is 0.205. The van der Waals surface area contributed by atoms with Crippen LogP contribution in [0.5, 0.6) is 0 Å². The number of nitrogens with two attached hydrogens (primary N) is 1. The summed E-state index contributed by atoms with van der Waals surface area (Å²) in [5.74, 6) is 4.84. The number of aromatic amines is 1. The van der Waals surface area contributed by atoms with Crippen LogP contribution in [-0.4, -0.2) is 20.3 Å². The first kappa shape index (κ1) is 3.85. The van der Waals surface area contributed by atoms with Crippen LogP contribution in [0.2, 0.25) is 0 Å². The molecule has 1 rings (SSSR count). The summed E-state index contributed by atoms with van der Waals surface area (Å²) in [5, 5.41) is 8.15. The van der Waals surface area contributed by atoms with Crippen LogP contribution >= 0.6 is 0 Å². The molecule has 3 N–H and O–H groups in total. The van der Waals surface area contributed by atoms with E-state index in [9.17, 15) is 4.79 Å². The minimum absolute atomic E-state index is 0.514. The molecule has 1 aromatic heterocycles. The average Bonchev–Trinajstić information content (AvgIpc) is 1.91. The molecule has 0 atom stereocenters. The second-order valence-electron chi connectivity index (χ2n) is 0.951. The predicted molar refractivity (Wildman–Crippen MR) is 20.8 cm³/mol. The van der Waals surface area contributed by atoms with Gasteiger partial charge in [-0.1, -0.05) is 0 Å². The van der Waals surface area contributed by atoms with Gasteiger partial charge in [0.25, 0.3) is 0 Å². The maximum absolute atomic E-state index is 10.1. The molecule has 0 amide bonds. The Morgan fingerprint density at radius 1 is 1.86 bits per heavy atom. The number of rotatable bonds is 0. The Hall–Kier alpha value is -1.33. The maximum Gasteiger partial charge on any atom is 0.380 e. The van der Waals surface area contributed by atoms with Gasteiger partial charge in [-0.2, -0.15) is 0 Å². The van der Waals surface area contributed by atoms with Gasteiger partial charge in [0.2, 0.25) is 0 Å². The second-order valence-corrected chi connectivity index (χ2v) is 0.951. The van der Waals surface area contributed by atoms with E-state index in [0.717, 1.165) is 0 Å². The molecule has 0 fully saturated rings. The molecule has 6 heteroatoms. The summed E-state index contributed by atoms with van der Waals surface area (Å²) in [6.07, 6.45) is 0. The minimum Gasteiger partial charge on any atom is -0.317 e. The fraction of sp³-hybridized carbons (Fsp3) is 0. The van der Waals surface area contributed by atoms with Crippen molar-refractivity contribution in [2.75, 3.05) is 5.84 Å². The lowest BCUT2D eigenvalue weighted by atomic mass is 11.3. The van der Waals surface area contributed by atoms with Crippen LogP contribution in [0.4, 0.5) is 0 Å². The third-order valence-corrected chi connectivity index (χ3v) is 0.495. The van der Waals surface area contributed by atoms with E-state index < -0.39 is 5.69 Å². The summed E-state index contributed by atoms with van der Waals surface area (Å²) in [6.45, 7) is 0. The number of aromatic nitrogens is 4. The zero-order valence-corrected chi connectivity index (χ0v) is 3.33. The standard InChI is InChI=1S/CH3N5O/c2-6-1(7)3-4-5-6/h2H2,(H,3,5,7). The molecule has 6 nitrogen and oxygen atoms in total. The highest BCUT2D eigenvalue weighted by molar-refractivity contribution is 4.45. The van der Waals surface area contributed by atoms with Crippen molar-refractivity contribution in [1.82, 2.24) is 20.3 Å². The number of tetrazole rings is 1. The van der Waals surface area contributed by atoms with Crippen molar-refractivity contribution in [2.24, 2.45) is 0 Å². The van der Waals surface area contributed by atoms with E-state index in [1.807, 2.05) is 5.10 Å². The summed E-state index contributed by atoms with van der Waals surface area (Å²) in [7, 11) is 0. The van der Waals surface area contributed by atoms with Crippen molar-refractivity contribution in [2.45, 2.75) is 0 Å². The summed E-state index contributed by atoms with van der Waals surface area (Å²) < 4.78 is 0. The maximum atomic E-state index is 10.1. The first-order chi connectivity index (χ1) is 3.30. The quantitative estimate of drug-likeness (QED) is 0.359. The first-order valence-corrected chi connectivity index (χ1v) is 1.56. The van der Waals surface area contributed by atoms with Gasteiger partial charge in [-0.05, 0) is 10.4 Å². The molecule has 0 saturated carbocycles. The Morgan fingerprint density at radius 3 is 2.71 bits per heavy atom. The molecular weight excluding hydrogens is 98.0 g/mol. The van der Waals surface area contributed by atoms with Crippen LogP contribution < -0.4 is 11.5 Å². The van der Waals surface area contributed by atoms with Gasteiger partial charge in [0.1, 0.15) is 0 Å². The zero-order valence-electron chi connectivity index (χ0n) is 3.33. The molecule has 7 heavy (non-hydrogen) atoms. The van der Waals surface area contributed by atoms with Crippen LogP contribution in [0.15, 0.2) is 4.79 Å². The van der Waals surface area contributed by atoms with Crippen molar-refractivity contribution >= 4 is 0 Å². The second kappa shape index (κ2) is 1.07. The number of hydrogen-bond acceptors (Lipinski definition) is 4. The fourth-order valence-electron chi connectivity index (χ4n) is 0.205. The molecule has 0 spiro atoms. The molecule has 38 valence electrons. The highest BCUT2D eigenvalue weighted by Gasteiger charge is 1.85. The molecule has 0 aromatic carbocycles. The Balaban J connectivity index is 3.39. The van der Waals surface area contributed by atoms with E-state index in [-0.39, 0.29) is 0 Å². The topological polar surface area (TPSA) is 89.6 Å². The summed E-state index contributed by atoms with van der Waals surface area (Å²) in [6, 6.07) is 0. The van der Waals surface area contributed by atoms with Crippen LogP contribution in [0.1, 0.15) is 0 Å². The summed E-state index contributed by atoms with van der Waals surface area (Å²) >= 11 is 0. The molecule has 0 unspecified atom stereocenters. The molecule has 0 aliphatic carbocycles. The number of H-pyrrole nitrogens is 1. The molecule has 0 radical (unpaired) electrons. The minimum atomic E-state index is -0.514. The summed E-state index contributed by atoms with van der Waals surface area (Å²) in [5.41, 5.74) is -0.514. The third-order valence-electron chi connectivity index (χ3n) is 0.495. The van der Waals surface area contributed by atoms with E-state index in [4.69, 9.17) is 5.84 Å². The van der Waals surface area contributed by atoms with E-state index in [2.05, 4.69) is 10.4 Å². The Kier molecular flexibility index (Phi) is 0.588. The number of nitrogens with one attached hydrogen (secondary N) is 1.